The van der Waals surface area contributed by atoms with Crippen LogP contribution in [0.2, 0.25) is 0 Å². The highest BCUT2D eigenvalue weighted by Gasteiger charge is 2.24. The third kappa shape index (κ3) is 1.73. The molecule has 3 nitrogen and oxygen atoms in total. The van der Waals surface area contributed by atoms with E-state index < -0.39 is 5.97 Å². The quantitative estimate of drug-likeness (QED) is 0.785. The molecular weight excluding hydrogens is 202 g/mol. The summed E-state index contributed by atoms with van der Waals surface area (Å²) in [5.74, 6) is -0.940. The Balaban J connectivity index is 2.51. The van der Waals surface area contributed by atoms with Crippen LogP contribution in [0.25, 0.3) is 0 Å². The van der Waals surface area contributed by atoms with Crippen LogP contribution in [-0.2, 0) is 16.8 Å². The molecule has 0 aromatic heterocycles. The summed E-state index contributed by atoms with van der Waals surface area (Å²) in [6.07, 6.45) is 0. The molecule has 0 unspecified atom stereocenters. The topological polar surface area (TPSA) is 49.7 Å². The van der Waals surface area contributed by atoms with E-state index in [2.05, 4.69) is 31.8 Å². The van der Waals surface area contributed by atoms with Gasteiger partial charge in [-0.3, -0.25) is 4.99 Å². The molecule has 0 fully saturated rings. The molecule has 1 aliphatic heterocycles. The van der Waals surface area contributed by atoms with Crippen molar-refractivity contribution >= 4 is 11.7 Å². The van der Waals surface area contributed by atoms with Crippen molar-refractivity contribution in [3.63, 3.8) is 0 Å². The van der Waals surface area contributed by atoms with E-state index in [9.17, 15) is 4.79 Å². The van der Waals surface area contributed by atoms with Gasteiger partial charge in [-0.15, -0.1) is 0 Å². The minimum Gasteiger partial charge on any atom is -0.477 e. The van der Waals surface area contributed by atoms with Gasteiger partial charge in [-0.1, -0.05) is 32.9 Å². The Hall–Kier alpha value is -1.64. The van der Waals surface area contributed by atoms with Gasteiger partial charge < -0.3 is 5.11 Å². The molecule has 16 heavy (non-hydrogen) atoms. The van der Waals surface area contributed by atoms with Crippen LogP contribution < -0.4 is 0 Å². The number of aliphatic imine (C=N–C) groups is 1. The zero-order chi connectivity index (χ0) is 11.9. The zero-order valence-electron chi connectivity index (χ0n) is 9.74. The molecule has 1 heterocycles. The summed E-state index contributed by atoms with van der Waals surface area (Å²) in [6.45, 7) is 6.82. The molecule has 0 spiro atoms. The van der Waals surface area contributed by atoms with E-state index in [0.29, 0.717) is 6.54 Å². The third-order valence-corrected chi connectivity index (χ3v) is 2.84. The van der Waals surface area contributed by atoms with Crippen molar-refractivity contribution in [2.75, 3.05) is 0 Å². The first kappa shape index (κ1) is 10.9. The molecular formula is C13H15NO2. The molecule has 0 radical (unpaired) electrons. The van der Waals surface area contributed by atoms with Crippen LogP contribution in [0.1, 0.15) is 37.5 Å². The summed E-state index contributed by atoms with van der Waals surface area (Å²) in [7, 11) is 0. The number of hydrogen-bond donors (Lipinski definition) is 1. The van der Waals surface area contributed by atoms with Crippen molar-refractivity contribution in [2.24, 2.45) is 4.99 Å². The Morgan fingerprint density at radius 2 is 2.06 bits per heavy atom. The van der Waals surface area contributed by atoms with E-state index in [4.69, 9.17) is 5.11 Å². The molecule has 1 N–H and O–H groups in total. The van der Waals surface area contributed by atoms with Gasteiger partial charge in [-0.05, 0) is 22.6 Å². The van der Waals surface area contributed by atoms with Gasteiger partial charge in [0, 0.05) is 5.56 Å². The summed E-state index contributed by atoms with van der Waals surface area (Å²) >= 11 is 0. The summed E-state index contributed by atoms with van der Waals surface area (Å²) in [6, 6.07) is 5.99. The standard InChI is InChI=1S/C13H15NO2/c1-13(2,3)9-5-4-8-7-14-11(12(15)16)10(8)6-9/h4-6H,7H2,1-3H3,(H,15,16). The van der Waals surface area contributed by atoms with Crippen LogP contribution in [0.15, 0.2) is 23.2 Å². The highest BCUT2D eigenvalue weighted by atomic mass is 16.4. The summed E-state index contributed by atoms with van der Waals surface area (Å²) in [5, 5.41) is 9.02. The van der Waals surface area contributed by atoms with Gasteiger partial charge in [0.25, 0.3) is 0 Å². The Morgan fingerprint density at radius 1 is 1.38 bits per heavy atom. The number of hydrogen-bond acceptors (Lipinski definition) is 2. The number of aliphatic carboxylic acids is 1. The molecule has 2 rings (SSSR count). The molecule has 0 saturated heterocycles. The lowest BCUT2D eigenvalue weighted by molar-refractivity contribution is -0.129. The van der Waals surface area contributed by atoms with E-state index >= 15 is 0 Å². The minimum absolute atomic E-state index is 0.0290. The maximum Gasteiger partial charge on any atom is 0.354 e. The zero-order valence-corrected chi connectivity index (χ0v) is 9.74. The van der Waals surface area contributed by atoms with Crippen molar-refractivity contribution in [2.45, 2.75) is 32.7 Å². The number of rotatable bonds is 1. The van der Waals surface area contributed by atoms with Crippen molar-refractivity contribution in [3.05, 3.63) is 34.9 Å². The van der Waals surface area contributed by atoms with Crippen LogP contribution in [-0.4, -0.2) is 16.8 Å². The highest BCUT2D eigenvalue weighted by Crippen LogP contribution is 2.27. The number of nitrogens with zero attached hydrogens (tertiary/aromatic N) is 1. The Kier molecular flexibility index (Phi) is 2.34. The number of carboxylic acids is 1. The fraction of sp³-hybridized carbons (Fsp3) is 0.385. The third-order valence-electron chi connectivity index (χ3n) is 2.84. The normalized spacial score (nSPS) is 14.6. The molecule has 0 aliphatic carbocycles. The number of fused-ring (bicyclic) bond motifs is 1. The molecule has 0 bridgehead atoms. The first-order valence-electron chi connectivity index (χ1n) is 5.31. The molecule has 0 amide bonds. The average molecular weight is 217 g/mol. The number of carbonyl (C=O) groups is 1. The van der Waals surface area contributed by atoms with E-state index in [1.165, 1.54) is 0 Å². The molecule has 1 aromatic rings. The van der Waals surface area contributed by atoms with Crippen LogP contribution >= 0.6 is 0 Å². The van der Waals surface area contributed by atoms with Crippen LogP contribution in [0.3, 0.4) is 0 Å². The Labute approximate surface area is 94.8 Å². The average Bonchev–Trinajstić information content (AvgIpc) is 2.58. The largest absolute Gasteiger partial charge is 0.477 e. The Morgan fingerprint density at radius 3 is 2.62 bits per heavy atom. The lowest BCUT2D eigenvalue weighted by Crippen LogP contribution is -2.16. The fourth-order valence-corrected chi connectivity index (χ4v) is 1.83. The monoisotopic (exact) mass is 217 g/mol. The van der Waals surface area contributed by atoms with Crippen LogP contribution in [0, 0.1) is 0 Å². The molecule has 0 atom stereocenters. The lowest BCUT2D eigenvalue weighted by atomic mass is 9.85. The summed E-state index contributed by atoms with van der Waals surface area (Å²) in [5.41, 5.74) is 3.15. The highest BCUT2D eigenvalue weighted by molar-refractivity contribution is 6.43. The summed E-state index contributed by atoms with van der Waals surface area (Å²) in [4.78, 5) is 15.0. The van der Waals surface area contributed by atoms with E-state index in [-0.39, 0.29) is 11.1 Å². The first-order chi connectivity index (χ1) is 7.39. The van der Waals surface area contributed by atoms with Crippen molar-refractivity contribution in [1.82, 2.24) is 0 Å². The molecule has 84 valence electrons. The van der Waals surface area contributed by atoms with Crippen molar-refractivity contribution in [3.8, 4) is 0 Å². The van der Waals surface area contributed by atoms with Crippen LogP contribution in [0.5, 0.6) is 0 Å². The number of benzene rings is 1. The fourth-order valence-electron chi connectivity index (χ4n) is 1.83. The van der Waals surface area contributed by atoms with E-state index in [1.807, 2.05) is 12.1 Å². The van der Waals surface area contributed by atoms with Gasteiger partial charge in [0.2, 0.25) is 0 Å². The van der Waals surface area contributed by atoms with Gasteiger partial charge in [0.1, 0.15) is 0 Å². The second kappa shape index (κ2) is 3.44. The molecule has 1 aromatic carbocycles. The Bertz CT molecular complexity index is 481. The first-order valence-corrected chi connectivity index (χ1v) is 5.31. The second-order valence-corrected chi connectivity index (χ2v) is 5.09. The minimum atomic E-state index is -0.940. The predicted molar refractivity (Wildman–Crippen MR) is 63.0 cm³/mol. The maximum absolute atomic E-state index is 11.0. The van der Waals surface area contributed by atoms with Gasteiger partial charge in [-0.2, -0.15) is 0 Å². The predicted octanol–water partition coefficient (Wildman–Crippen LogP) is 2.37. The summed E-state index contributed by atoms with van der Waals surface area (Å²) < 4.78 is 0. The van der Waals surface area contributed by atoms with Crippen molar-refractivity contribution < 1.29 is 9.90 Å². The lowest BCUT2D eigenvalue weighted by Gasteiger charge is -2.19. The molecule has 1 aliphatic rings. The number of carboxylic acid groups (broad SMARTS) is 1. The molecule has 3 heteroatoms. The maximum atomic E-state index is 11.0. The van der Waals surface area contributed by atoms with Gasteiger partial charge in [0.15, 0.2) is 5.71 Å². The van der Waals surface area contributed by atoms with Gasteiger partial charge >= 0.3 is 5.97 Å². The van der Waals surface area contributed by atoms with E-state index in [1.54, 1.807) is 0 Å². The van der Waals surface area contributed by atoms with Gasteiger partial charge in [-0.25, -0.2) is 4.79 Å². The van der Waals surface area contributed by atoms with Crippen LogP contribution in [0.4, 0.5) is 0 Å². The van der Waals surface area contributed by atoms with E-state index in [0.717, 1.165) is 16.7 Å². The van der Waals surface area contributed by atoms with Crippen molar-refractivity contribution in [1.29, 1.82) is 0 Å². The molecule has 0 saturated carbocycles. The smallest absolute Gasteiger partial charge is 0.354 e. The SMILES string of the molecule is CC(C)(C)c1ccc2c(c1)C(C(=O)O)=NC2. The second-order valence-electron chi connectivity index (χ2n) is 5.09. The van der Waals surface area contributed by atoms with Gasteiger partial charge in [0.05, 0.1) is 6.54 Å².